The number of carbonyl (C=O) groups is 2. The lowest BCUT2D eigenvalue weighted by atomic mass is 9.87. The van der Waals surface area contributed by atoms with Crippen molar-refractivity contribution in [2.24, 2.45) is 0 Å². The van der Waals surface area contributed by atoms with E-state index in [2.05, 4.69) is 26.1 Å². The SMILES string of the molecule is CCOCCOC(=O)c1cccc(NC(=O)COc2ccc(C(C)(C)C)cc2)c1. The van der Waals surface area contributed by atoms with E-state index in [-0.39, 0.29) is 24.5 Å². The molecule has 0 aliphatic heterocycles. The Hall–Kier alpha value is -2.86. The Morgan fingerprint density at radius 3 is 2.38 bits per heavy atom. The predicted molar refractivity (Wildman–Crippen MR) is 112 cm³/mol. The first-order valence-corrected chi connectivity index (χ1v) is 9.67. The number of anilines is 1. The van der Waals surface area contributed by atoms with Gasteiger partial charge in [0.15, 0.2) is 6.61 Å². The van der Waals surface area contributed by atoms with Gasteiger partial charge in [-0.1, -0.05) is 39.0 Å². The van der Waals surface area contributed by atoms with Crippen LogP contribution >= 0.6 is 0 Å². The number of hydrogen-bond acceptors (Lipinski definition) is 5. The highest BCUT2D eigenvalue weighted by Crippen LogP contribution is 2.24. The van der Waals surface area contributed by atoms with Crippen LogP contribution in [0.4, 0.5) is 5.69 Å². The summed E-state index contributed by atoms with van der Waals surface area (Å²) in [6, 6.07) is 14.3. The molecule has 0 radical (unpaired) electrons. The molecule has 0 aromatic heterocycles. The van der Waals surface area contributed by atoms with Gasteiger partial charge in [-0.05, 0) is 48.2 Å². The van der Waals surface area contributed by atoms with Crippen LogP contribution in [-0.4, -0.2) is 38.3 Å². The smallest absolute Gasteiger partial charge is 0.338 e. The molecule has 2 aromatic carbocycles. The molecule has 156 valence electrons. The van der Waals surface area contributed by atoms with Crippen LogP contribution in [0.1, 0.15) is 43.6 Å². The van der Waals surface area contributed by atoms with E-state index >= 15 is 0 Å². The molecule has 2 rings (SSSR count). The average molecular weight is 399 g/mol. The first-order chi connectivity index (χ1) is 13.8. The van der Waals surface area contributed by atoms with Gasteiger partial charge in [-0.25, -0.2) is 4.79 Å². The molecular weight excluding hydrogens is 370 g/mol. The Kier molecular flexibility index (Phi) is 8.21. The van der Waals surface area contributed by atoms with Crippen molar-refractivity contribution in [3.8, 4) is 5.75 Å². The molecule has 2 aromatic rings. The van der Waals surface area contributed by atoms with Crippen LogP contribution in [-0.2, 0) is 19.7 Å². The number of benzene rings is 2. The van der Waals surface area contributed by atoms with Gasteiger partial charge in [-0.15, -0.1) is 0 Å². The van der Waals surface area contributed by atoms with Crippen molar-refractivity contribution < 1.29 is 23.8 Å². The van der Waals surface area contributed by atoms with E-state index in [1.54, 1.807) is 24.3 Å². The summed E-state index contributed by atoms with van der Waals surface area (Å²) in [6.45, 7) is 9.27. The normalized spacial score (nSPS) is 11.0. The van der Waals surface area contributed by atoms with Gasteiger partial charge in [-0.3, -0.25) is 4.79 Å². The van der Waals surface area contributed by atoms with E-state index in [4.69, 9.17) is 14.2 Å². The minimum Gasteiger partial charge on any atom is -0.484 e. The number of rotatable bonds is 9. The molecule has 0 saturated heterocycles. The summed E-state index contributed by atoms with van der Waals surface area (Å²) in [5, 5.41) is 2.72. The minimum absolute atomic E-state index is 0.0606. The van der Waals surface area contributed by atoms with E-state index in [9.17, 15) is 9.59 Å². The Morgan fingerprint density at radius 2 is 1.72 bits per heavy atom. The van der Waals surface area contributed by atoms with Gasteiger partial charge in [0.05, 0.1) is 12.2 Å². The first kappa shape index (κ1) is 22.4. The fraction of sp³-hybridized carbons (Fsp3) is 0.391. The predicted octanol–water partition coefficient (Wildman–Crippen LogP) is 4.19. The summed E-state index contributed by atoms with van der Waals surface area (Å²) < 4.78 is 15.8. The fourth-order valence-corrected chi connectivity index (χ4v) is 2.54. The van der Waals surface area contributed by atoms with Gasteiger partial charge in [-0.2, -0.15) is 0 Å². The first-order valence-electron chi connectivity index (χ1n) is 9.67. The van der Waals surface area contributed by atoms with Crippen LogP contribution in [0, 0.1) is 0 Å². The molecule has 0 aliphatic carbocycles. The molecule has 1 N–H and O–H groups in total. The highest BCUT2D eigenvalue weighted by atomic mass is 16.6. The van der Waals surface area contributed by atoms with Crippen LogP contribution in [0.5, 0.6) is 5.75 Å². The number of amides is 1. The Labute approximate surface area is 172 Å². The zero-order chi connectivity index (χ0) is 21.3. The Balaban J connectivity index is 1.85. The van der Waals surface area contributed by atoms with Crippen molar-refractivity contribution >= 4 is 17.6 Å². The number of ether oxygens (including phenoxy) is 3. The van der Waals surface area contributed by atoms with Gasteiger partial charge in [0.2, 0.25) is 0 Å². The van der Waals surface area contributed by atoms with Gasteiger partial charge in [0.1, 0.15) is 12.4 Å². The van der Waals surface area contributed by atoms with Gasteiger partial charge in [0, 0.05) is 12.3 Å². The Bertz CT molecular complexity index is 809. The van der Waals surface area contributed by atoms with Crippen molar-refractivity contribution in [2.45, 2.75) is 33.1 Å². The maximum absolute atomic E-state index is 12.2. The van der Waals surface area contributed by atoms with Crippen molar-refractivity contribution in [2.75, 3.05) is 31.7 Å². The molecule has 6 heteroatoms. The standard InChI is InChI=1S/C23H29NO5/c1-5-27-13-14-28-22(26)17-7-6-8-19(15-17)24-21(25)16-29-20-11-9-18(10-12-20)23(2,3)4/h6-12,15H,5,13-14,16H2,1-4H3,(H,24,25). The average Bonchev–Trinajstić information content (AvgIpc) is 2.69. The molecule has 0 spiro atoms. The zero-order valence-electron chi connectivity index (χ0n) is 17.5. The van der Waals surface area contributed by atoms with Crippen LogP contribution < -0.4 is 10.1 Å². The third-order valence-corrected chi connectivity index (χ3v) is 4.14. The molecule has 0 saturated carbocycles. The monoisotopic (exact) mass is 399 g/mol. The quantitative estimate of drug-likeness (QED) is 0.505. The van der Waals surface area contributed by atoms with Gasteiger partial charge >= 0.3 is 5.97 Å². The van der Waals surface area contributed by atoms with Crippen LogP contribution in [0.2, 0.25) is 0 Å². The third-order valence-electron chi connectivity index (χ3n) is 4.14. The summed E-state index contributed by atoms with van der Waals surface area (Å²) >= 11 is 0. The fourth-order valence-electron chi connectivity index (χ4n) is 2.54. The largest absolute Gasteiger partial charge is 0.484 e. The number of nitrogens with one attached hydrogen (secondary N) is 1. The van der Waals surface area contributed by atoms with Crippen molar-refractivity contribution in [1.29, 1.82) is 0 Å². The zero-order valence-corrected chi connectivity index (χ0v) is 17.5. The number of hydrogen-bond donors (Lipinski definition) is 1. The second kappa shape index (κ2) is 10.6. The van der Waals surface area contributed by atoms with E-state index in [1.807, 2.05) is 31.2 Å². The van der Waals surface area contributed by atoms with Crippen molar-refractivity contribution in [3.63, 3.8) is 0 Å². The molecule has 0 heterocycles. The second-order valence-electron chi connectivity index (χ2n) is 7.52. The molecule has 6 nitrogen and oxygen atoms in total. The molecule has 0 atom stereocenters. The summed E-state index contributed by atoms with van der Waals surface area (Å²) in [7, 11) is 0. The lowest BCUT2D eigenvalue weighted by molar-refractivity contribution is -0.118. The maximum Gasteiger partial charge on any atom is 0.338 e. The summed E-state index contributed by atoms with van der Waals surface area (Å²) in [6.07, 6.45) is 0. The molecule has 0 bridgehead atoms. The molecule has 29 heavy (non-hydrogen) atoms. The molecular formula is C23H29NO5. The van der Waals surface area contributed by atoms with Gasteiger partial charge < -0.3 is 19.5 Å². The lowest BCUT2D eigenvalue weighted by Gasteiger charge is -2.19. The molecule has 0 fully saturated rings. The minimum atomic E-state index is -0.462. The summed E-state index contributed by atoms with van der Waals surface area (Å²) in [5.41, 5.74) is 2.11. The van der Waals surface area contributed by atoms with E-state index < -0.39 is 5.97 Å². The Morgan fingerprint density at radius 1 is 1.00 bits per heavy atom. The highest BCUT2D eigenvalue weighted by molar-refractivity contribution is 5.95. The van der Waals surface area contributed by atoms with E-state index in [0.29, 0.717) is 30.2 Å². The lowest BCUT2D eigenvalue weighted by Crippen LogP contribution is -2.20. The van der Waals surface area contributed by atoms with E-state index in [1.165, 1.54) is 5.56 Å². The topological polar surface area (TPSA) is 73.9 Å². The summed E-state index contributed by atoms with van der Waals surface area (Å²) in [4.78, 5) is 24.2. The molecule has 0 unspecified atom stereocenters. The van der Waals surface area contributed by atoms with Crippen molar-refractivity contribution in [3.05, 3.63) is 59.7 Å². The maximum atomic E-state index is 12.2. The molecule has 0 aliphatic rings. The molecule has 1 amide bonds. The number of esters is 1. The van der Waals surface area contributed by atoms with Crippen LogP contribution in [0.3, 0.4) is 0 Å². The van der Waals surface area contributed by atoms with Crippen molar-refractivity contribution in [1.82, 2.24) is 0 Å². The van der Waals surface area contributed by atoms with Gasteiger partial charge in [0.25, 0.3) is 5.91 Å². The van der Waals surface area contributed by atoms with E-state index in [0.717, 1.165) is 0 Å². The highest BCUT2D eigenvalue weighted by Gasteiger charge is 2.13. The third kappa shape index (κ3) is 7.58. The number of carbonyl (C=O) groups excluding carboxylic acids is 2. The van der Waals surface area contributed by atoms with Crippen LogP contribution in [0.15, 0.2) is 48.5 Å². The van der Waals surface area contributed by atoms with Crippen LogP contribution in [0.25, 0.3) is 0 Å². The second-order valence-corrected chi connectivity index (χ2v) is 7.52. The summed E-state index contributed by atoms with van der Waals surface area (Å²) in [5.74, 6) is -0.150.